The van der Waals surface area contributed by atoms with Crippen molar-refractivity contribution in [2.75, 3.05) is 32.6 Å². The van der Waals surface area contributed by atoms with E-state index in [0.717, 1.165) is 5.56 Å². The number of carboxylic acids is 1. The van der Waals surface area contributed by atoms with Gasteiger partial charge in [-0.3, -0.25) is 14.4 Å². The molecule has 0 saturated carbocycles. The number of benzene rings is 2. The first-order valence-electron chi connectivity index (χ1n) is 10.1. The standard InChI is InChI=1S/C23H26N2O7/c1-31-19-6-4-14(10-20(19)32-2)7-8-25-13-16(12-21(25)27)23(30)24-17-9-15(11-22(28)29)3-5-18(17)26/h3-6,9-10,16,26H,7-8,11-13H2,1-2H3,(H,24,30)(H,28,29). The minimum absolute atomic E-state index is 0.0767. The Morgan fingerprint density at radius 3 is 2.50 bits per heavy atom. The summed E-state index contributed by atoms with van der Waals surface area (Å²) in [6.07, 6.45) is 0.445. The van der Waals surface area contributed by atoms with E-state index in [4.69, 9.17) is 14.6 Å². The Bertz CT molecular complexity index is 1020. The van der Waals surface area contributed by atoms with Crippen LogP contribution in [-0.4, -0.2) is 60.2 Å². The van der Waals surface area contributed by atoms with Gasteiger partial charge in [0.25, 0.3) is 0 Å². The van der Waals surface area contributed by atoms with Gasteiger partial charge in [-0.1, -0.05) is 12.1 Å². The average molecular weight is 442 g/mol. The van der Waals surface area contributed by atoms with Gasteiger partial charge in [-0.15, -0.1) is 0 Å². The van der Waals surface area contributed by atoms with Crippen LogP contribution < -0.4 is 14.8 Å². The normalized spacial score (nSPS) is 15.5. The minimum atomic E-state index is -1.01. The first-order valence-corrected chi connectivity index (χ1v) is 10.1. The lowest BCUT2D eigenvalue weighted by molar-refractivity contribution is -0.136. The molecule has 9 heteroatoms. The quantitative estimate of drug-likeness (QED) is 0.508. The first-order chi connectivity index (χ1) is 15.3. The number of nitrogens with zero attached hydrogens (tertiary/aromatic N) is 1. The summed E-state index contributed by atoms with van der Waals surface area (Å²) in [4.78, 5) is 37.6. The summed E-state index contributed by atoms with van der Waals surface area (Å²) < 4.78 is 10.5. The highest BCUT2D eigenvalue weighted by atomic mass is 16.5. The molecule has 2 amide bonds. The number of phenolic OH excluding ortho intramolecular Hbond substituents is 1. The second kappa shape index (κ2) is 10.0. The van der Waals surface area contributed by atoms with Crippen molar-refractivity contribution in [2.24, 2.45) is 5.92 Å². The number of hydrogen-bond acceptors (Lipinski definition) is 6. The number of anilines is 1. The molecule has 1 unspecified atom stereocenters. The van der Waals surface area contributed by atoms with E-state index in [1.807, 2.05) is 12.1 Å². The number of carbonyl (C=O) groups is 3. The summed E-state index contributed by atoms with van der Waals surface area (Å²) in [6, 6.07) is 9.81. The van der Waals surface area contributed by atoms with Crippen molar-refractivity contribution >= 4 is 23.5 Å². The van der Waals surface area contributed by atoms with E-state index >= 15 is 0 Å². The number of amides is 2. The maximum atomic E-state index is 12.7. The van der Waals surface area contributed by atoms with Crippen molar-refractivity contribution < 1.29 is 34.1 Å². The van der Waals surface area contributed by atoms with Gasteiger partial charge in [0.15, 0.2) is 11.5 Å². The fourth-order valence-corrected chi connectivity index (χ4v) is 3.67. The van der Waals surface area contributed by atoms with Crippen molar-refractivity contribution in [1.82, 2.24) is 4.90 Å². The summed E-state index contributed by atoms with van der Waals surface area (Å²) in [5, 5.41) is 21.5. The summed E-state index contributed by atoms with van der Waals surface area (Å²) in [5.74, 6) is -1.01. The molecule has 9 nitrogen and oxygen atoms in total. The molecule has 1 fully saturated rings. The van der Waals surface area contributed by atoms with Gasteiger partial charge < -0.3 is 29.9 Å². The van der Waals surface area contributed by atoms with Crippen LogP contribution in [0, 0.1) is 5.92 Å². The first kappa shape index (κ1) is 22.9. The van der Waals surface area contributed by atoms with E-state index in [2.05, 4.69) is 5.32 Å². The van der Waals surface area contributed by atoms with Crippen molar-refractivity contribution in [3.05, 3.63) is 47.5 Å². The zero-order chi connectivity index (χ0) is 23.3. The number of carbonyl (C=O) groups excluding carboxylic acids is 2. The third-order valence-corrected chi connectivity index (χ3v) is 5.38. The fourth-order valence-electron chi connectivity index (χ4n) is 3.67. The topological polar surface area (TPSA) is 125 Å². The molecule has 3 N–H and O–H groups in total. The number of ether oxygens (including phenoxy) is 2. The maximum Gasteiger partial charge on any atom is 0.307 e. The number of nitrogens with one attached hydrogen (secondary N) is 1. The molecule has 1 aliphatic rings. The zero-order valence-electron chi connectivity index (χ0n) is 18.0. The van der Waals surface area contributed by atoms with Crippen LogP contribution in [0.1, 0.15) is 17.5 Å². The summed E-state index contributed by atoms with van der Waals surface area (Å²) in [5.41, 5.74) is 1.55. The number of aromatic hydroxyl groups is 1. The number of methoxy groups -OCH3 is 2. The smallest absolute Gasteiger partial charge is 0.307 e. The van der Waals surface area contributed by atoms with E-state index in [1.54, 1.807) is 25.2 Å². The minimum Gasteiger partial charge on any atom is -0.506 e. The molecule has 0 spiro atoms. The molecular formula is C23H26N2O7. The Kier molecular flexibility index (Phi) is 7.19. The van der Waals surface area contributed by atoms with Crippen LogP contribution in [0.15, 0.2) is 36.4 Å². The SMILES string of the molecule is COc1ccc(CCN2CC(C(=O)Nc3cc(CC(=O)O)ccc3O)CC2=O)cc1OC. The van der Waals surface area contributed by atoms with Crippen molar-refractivity contribution in [2.45, 2.75) is 19.3 Å². The molecule has 0 aliphatic carbocycles. The maximum absolute atomic E-state index is 12.7. The third-order valence-electron chi connectivity index (χ3n) is 5.38. The Morgan fingerprint density at radius 1 is 1.09 bits per heavy atom. The van der Waals surface area contributed by atoms with Gasteiger partial charge >= 0.3 is 5.97 Å². The van der Waals surface area contributed by atoms with Gasteiger partial charge in [-0.25, -0.2) is 0 Å². The van der Waals surface area contributed by atoms with E-state index in [1.165, 1.54) is 18.2 Å². The molecule has 2 aromatic rings. The zero-order valence-corrected chi connectivity index (χ0v) is 18.0. The molecule has 0 radical (unpaired) electrons. The number of carboxylic acid groups (broad SMARTS) is 1. The highest BCUT2D eigenvalue weighted by Crippen LogP contribution is 2.29. The molecule has 170 valence electrons. The Hall–Kier alpha value is -3.75. The molecule has 0 aromatic heterocycles. The van der Waals surface area contributed by atoms with Gasteiger partial charge in [0, 0.05) is 19.5 Å². The second-order valence-corrected chi connectivity index (χ2v) is 7.59. The lowest BCUT2D eigenvalue weighted by atomic mass is 10.1. The van der Waals surface area contributed by atoms with Crippen molar-refractivity contribution in [1.29, 1.82) is 0 Å². The van der Waals surface area contributed by atoms with E-state index < -0.39 is 17.8 Å². The van der Waals surface area contributed by atoms with Crippen LogP contribution in [0.4, 0.5) is 5.69 Å². The van der Waals surface area contributed by atoms with Crippen LogP contribution in [0.2, 0.25) is 0 Å². The van der Waals surface area contributed by atoms with Gasteiger partial charge in [-0.2, -0.15) is 0 Å². The van der Waals surface area contributed by atoms with Crippen LogP contribution in [0.3, 0.4) is 0 Å². The number of phenols is 1. The summed E-state index contributed by atoms with van der Waals surface area (Å²) in [6.45, 7) is 0.727. The lowest BCUT2D eigenvalue weighted by Crippen LogP contribution is -2.30. The van der Waals surface area contributed by atoms with Crippen LogP contribution >= 0.6 is 0 Å². The van der Waals surface area contributed by atoms with Gasteiger partial charge in [-0.05, 0) is 41.8 Å². The highest BCUT2D eigenvalue weighted by Gasteiger charge is 2.34. The monoisotopic (exact) mass is 442 g/mol. The lowest BCUT2D eigenvalue weighted by Gasteiger charge is -2.17. The van der Waals surface area contributed by atoms with Crippen LogP contribution in [-0.2, 0) is 27.2 Å². The largest absolute Gasteiger partial charge is 0.506 e. The third kappa shape index (κ3) is 5.48. The van der Waals surface area contributed by atoms with Crippen molar-refractivity contribution in [3.8, 4) is 17.2 Å². The molecule has 32 heavy (non-hydrogen) atoms. The number of likely N-dealkylation sites (tertiary alicyclic amines) is 1. The fraction of sp³-hybridized carbons (Fsp3) is 0.348. The van der Waals surface area contributed by atoms with Gasteiger partial charge in [0.2, 0.25) is 11.8 Å². The molecular weight excluding hydrogens is 416 g/mol. The van der Waals surface area contributed by atoms with E-state index in [-0.39, 0.29) is 36.7 Å². The molecule has 1 saturated heterocycles. The average Bonchev–Trinajstić information content (AvgIpc) is 3.14. The van der Waals surface area contributed by atoms with E-state index in [9.17, 15) is 19.5 Å². The molecule has 0 bridgehead atoms. The molecule has 1 aliphatic heterocycles. The van der Waals surface area contributed by atoms with Gasteiger partial charge in [0.05, 0.1) is 32.2 Å². The van der Waals surface area contributed by atoms with Crippen molar-refractivity contribution in [3.63, 3.8) is 0 Å². The molecule has 1 atom stereocenters. The van der Waals surface area contributed by atoms with Gasteiger partial charge in [0.1, 0.15) is 5.75 Å². The van der Waals surface area contributed by atoms with E-state index in [0.29, 0.717) is 30.0 Å². The number of rotatable bonds is 9. The highest BCUT2D eigenvalue weighted by molar-refractivity contribution is 5.98. The Morgan fingerprint density at radius 2 is 1.81 bits per heavy atom. The van der Waals surface area contributed by atoms with Crippen LogP contribution in [0.5, 0.6) is 17.2 Å². The van der Waals surface area contributed by atoms with Crippen LogP contribution in [0.25, 0.3) is 0 Å². The summed E-state index contributed by atoms with van der Waals surface area (Å²) in [7, 11) is 3.12. The molecule has 3 rings (SSSR count). The predicted molar refractivity (Wildman–Crippen MR) is 116 cm³/mol. The molecule has 2 aromatic carbocycles. The number of hydrogen-bond donors (Lipinski definition) is 3. The second-order valence-electron chi connectivity index (χ2n) is 7.59. The number of aliphatic carboxylic acids is 1. The Labute approximate surface area is 185 Å². The predicted octanol–water partition coefficient (Wildman–Crippen LogP) is 2.07. The Balaban J connectivity index is 1.59. The molecule has 1 heterocycles. The summed E-state index contributed by atoms with van der Waals surface area (Å²) >= 11 is 0.